The fourth-order valence-corrected chi connectivity index (χ4v) is 6.80. The molecule has 2 aromatic carbocycles. The monoisotopic (exact) mass is 567 g/mol. The fraction of sp³-hybridized carbons (Fsp3) is 0.485. The van der Waals surface area contributed by atoms with Crippen molar-refractivity contribution in [2.45, 2.75) is 64.3 Å². The SMILES string of the molecule is CCN1CCc2c(nc(-c3ccc(NC(=O)Nc4ccc(CN5CCCC5)cc4)cc3)nc2N2CC3CCC(C2)O3)C1. The van der Waals surface area contributed by atoms with Gasteiger partial charge >= 0.3 is 6.03 Å². The smallest absolute Gasteiger partial charge is 0.323 e. The first-order valence-corrected chi connectivity index (χ1v) is 15.6. The maximum absolute atomic E-state index is 12.7. The number of benzene rings is 2. The van der Waals surface area contributed by atoms with Crippen LogP contribution in [0.1, 0.15) is 49.4 Å². The number of aromatic nitrogens is 2. The lowest BCUT2D eigenvalue weighted by molar-refractivity contribution is 0.0301. The first-order chi connectivity index (χ1) is 20.6. The Labute approximate surface area is 248 Å². The van der Waals surface area contributed by atoms with Gasteiger partial charge in [0.15, 0.2) is 5.82 Å². The molecule has 220 valence electrons. The first kappa shape index (κ1) is 27.3. The third-order valence-corrected chi connectivity index (χ3v) is 9.13. The summed E-state index contributed by atoms with van der Waals surface area (Å²) in [6.07, 6.45) is 6.43. The Hall–Kier alpha value is -3.53. The van der Waals surface area contributed by atoms with Gasteiger partial charge in [-0.1, -0.05) is 19.1 Å². The third kappa shape index (κ3) is 6.00. The highest BCUT2D eigenvalue weighted by Gasteiger charge is 2.36. The number of amides is 2. The number of ether oxygens (including phenoxy) is 1. The van der Waals surface area contributed by atoms with E-state index in [1.54, 1.807) is 0 Å². The highest BCUT2D eigenvalue weighted by Crippen LogP contribution is 2.34. The zero-order chi connectivity index (χ0) is 28.5. The summed E-state index contributed by atoms with van der Waals surface area (Å²) in [4.78, 5) is 30.3. The number of hydrogen-bond acceptors (Lipinski definition) is 7. The van der Waals surface area contributed by atoms with Gasteiger partial charge in [-0.2, -0.15) is 0 Å². The standard InChI is InChI=1S/C33H41N7O2/c1-2-38-18-15-29-30(22-38)36-31(37-32(29)40-20-27-13-14-28(21-40)42-27)24-7-11-26(12-8-24)35-33(41)34-25-9-5-23(6-10-25)19-39-16-3-4-17-39/h5-12,27-28H,2-4,13-22H2,1H3,(H2,34,35,41). The number of fused-ring (bicyclic) bond motifs is 3. The van der Waals surface area contributed by atoms with Gasteiger partial charge in [0.05, 0.1) is 17.9 Å². The van der Waals surface area contributed by atoms with Crippen LogP contribution >= 0.6 is 0 Å². The lowest BCUT2D eigenvalue weighted by Crippen LogP contribution is -2.44. The molecule has 2 atom stereocenters. The van der Waals surface area contributed by atoms with Crippen molar-refractivity contribution in [3.8, 4) is 11.4 Å². The zero-order valence-corrected chi connectivity index (χ0v) is 24.5. The highest BCUT2D eigenvalue weighted by atomic mass is 16.5. The van der Waals surface area contributed by atoms with Crippen LogP contribution in [0.15, 0.2) is 48.5 Å². The molecule has 7 rings (SSSR count). The average molecular weight is 568 g/mol. The summed E-state index contributed by atoms with van der Waals surface area (Å²) < 4.78 is 6.12. The molecule has 3 saturated heterocycles. The van der Waals surface area contributed by atoms with Gasteiger partial charge < -0.3 is 20.3 Å². The number of nitrogens with zero attached hydrogens (tertiary/aromatic N) is 5. The molecule has 1 aromatic heterocycles. The summed E-state index contributed by atoms with van der Waals surface area (Å²) >= 11 is 0. The van der Waals surface area contributed by atoms with Gasteiger partial charge in [-0.15, -0.1) is 0 Å². The van der Waals surface area contributed by atoms with Gasteiger partial charge in [-0.05, 0) is 93.7 Å². The molecule has 4 aliphatic rings. The predicted octanol–water partition coefficient (Wildman–Crippen LogP) is 5.13. The van der Waals surface area contributed by atoms with Crippen LogP contribution in [0.2, 0.25) is 0 Å². The van der Waals surface area contributed by atoms with Crippen LogP contribution in [0.3, 0.4) is 0 Å². The zero-order valence-electron chi connectivity index (χ0n) is 24.5. The van der Waals surface area contributed by atoms with E-state index in [0.717, 1.165) is 92.8 Å². The van der Waals surface area contributed by atoms with Crippen LogP contribution in [0.5, 0.6) is 0 Å². The predicted molar refractivity (Wildman–Crippen MR) is 166 cm³/mol. The maximum atomic E-state index is 12.7. The lowest BCUT2D eigenvalue weighted by atomic mass is 10.0. The Morgan fingerprint density at radius 2 is 1.55 bits per heavy atom. The summed E-state index contributed by atoms with van der Waals surface area (Å²) in [5, 5.41) is 5.91. The summed E-state index contributed by atoms with van der Waals surface area (Å²) in [6, 6.07) is 15.7. The minimum Gasteiger partial charge on any atom is -0.371 e. The largest absolute Gasteiger partial charge is 0.371 e. The molecule has 2 unspecified atom stereocenters. The van der Waals surface area contributed by atoms with Crippen molar-refractivity contribution in [3.63, 3.8) is 0 Å². The topological polar surface area (TPSA) is 85.9 Å². The molecule has 2 bridgehead atoms. The summed E-state index contributed by atoms with van der Waals surface area (Å²) in [7, 11) is 0. The van der Waals surface area contributed by atoms with E-state index < -0.39 is 0 Å². The van der Waals surface area contributed by atoms with Gasteiger partial charge in [-0.3, -0.25) is 9.80 Å². The summed E-state index contributed by atoms with van der Waals surface area (Å²) in [5.74, 6) is 1.82. The van der Waals surface area contributed by atoms with E-state index in [1.165, 1.54) is 37.1 Å². The summed E-state index contributed by atoms with van der Waals surface area (Å²) in [5.41, 5.74) is 6.15. The van der Waals surface area contributed by atoms with E-state index in [4.69, 9.17) is 14.7 Å². The quantitative estimate of drug-likeness (QED) is 0.410. The number of anilines is 3. The minimum atomic E-state index is -0.260. The fourth-order valence-electron chi connectivity index (χ4n) is 6.80. The van der Waals surface area contributed by atoms with E-state index in [2.05, 4.69) is 44.4 Å². The number of hydrogen-bond donors (Lipinski definition) is 2. The van der Waals surface area contributed by atoms with Crippen molar-refractivity contribution in [2.24, 2.45) is 0 Å². The van der Waals surface area contributed by atoms with E-state index in [0.29, 0.717) is 12.2 Å². The van der Waals surface area contributed by atoms with Gasteiger partial charge in [-0.25, -0.2) is 14.8 Å². The van der Waals surface area contributed by atoms with Crippen molar-refractivity contribution < 1.29 is 9.53 Å². The molecule has 3 aromatic rings. The molecule has 42 heavy (non-hydrogen) atoms. The molecule has 3 fully saturated rings. The van der Waals surface area contributed by atoms with Gasteiger partial charge in [0.1, 0.15) is 5.82 Å². The van der Waals surface area contributed by atoms with Crippen LogP contribution in [-0.2, 0) is 24.2 Å². The van der Waals surface area contributed by atoms with Gasteiger partial charge in [0.25, 0.3) is 0 Å². The molecular weight excluding hydrogens is 526 g/mol. The Morgan fingerprint density at radius 1 is 0.881 bits per heavy atom. The van der Waals surface area contributed by atoms with Gasteiger partial charge in [0, 0.05) is 55.2 Å². The Balaban J connectivity index is 1.04. The molecule has 2 amide bonds. The van der Waals surface area contributed by atoms with Crippen LogP contribution in [0.25, 0.3) is 11.4 Å². The second kappa shape index (κ2) is 12.0. The van der Waals surface area contributed by atoms with E-state index in [1.807, 2.05) is 36.4 Å². The van der Waals surface area contributed by atoms with E-state index in [9.17, 15) is 4.79 Å². The third-order valence-electron chi connectivity index (χ3n) is 9.13. The van der Waals surface area contributed by atoms with Crippen molar-refractivity contribution in [1.82, 2.24) is 19.8 Å². The minimum absolute atomic E-state index is 0.260. The number of rotatable bonds is 7. The number of likely N-dealkylation sites (N-methyl/N-ethyl adjacent to an activating group) is 1. The molecule has 9 nitrogen and oxygen atoms in total. The molecular formula is C33H41N7O2. The van der Waals surface area contributed by atoms with Crippen molar-refractivity contribution in [3.05, 3.63) is 65.4 Å². The molecule has 0 radical (unpaired) electrons. The Bertz CT molecular complexity index is 1390. The number of morpholine rings is 1. The molecule has 0 saturated carbocycles. The first-order valence-electron chi connectivity index (χ1n) is 15.6. The molecule has 0 aliphatic carbocycles. The molecule has 5 heterocycles. The second-order valence-corrected chi connectivity index (χ2v) is 12.1. The van der Waals surface area contributed by atoms with Gasteiger partial charge in [0.2, 0.25) is 0 Å². The van der Waals surface area contributed by atoms with Crippen LogP contribution in [0.4, 0.5) is 22.0 Å². The van der Waals surface area contributed by atoms with Crippen LogP contribution < -0.4 is 15.5 Å². The molecule has 9 heteroatoms. The van der Waals surface area contributed by atoms with Crippen LogP contribution in [-0.4, -0.2) is 77.3 Å². The normalized spacial score (nSPS) is 22.3. The lowest BCUT2D eigenvalue weighted by Gasteiger charge is -2.36. The summed E-state index contributed by atoms with van der Waals surface area (Å²) in [6.45, 7) is 10.2. The van der Waals surface area contributed by atoms with E-state index >= 15 is 0 Å². The number of carbonyl (C=O) groups excluding carboxylic acids is 1. The molecule has 2 N–H and O–H groups in total. The molecule has 4 aliphatic heterocycles. The molecule has 0 spiro atoms. The van der Waals surface area contributed by atoms with Crippen molar-refractivity contribution >= 4 is 23.2 Å². The number of nitrogens with one attached hydrogen (secondary N) is 2. The maximum Gasteiger partial charge on any atom is 0.323 e. The highest BCUT2D eigenvalue weighted by molar-refractivity contribution is 5.99. The number of carbonyl (C=O) groups is 1. The van der Waals surface area contributed by atoms with Crippen LogP contribution in [0, 0.1) is 0 Å². The van der Waals surface area contributed by atoms with Crippen molar-refractivity contribution in [2.75, 3.05) is 54.8 Å². The van der Waals surface area contributed by atoms with E-state index in [-0.39, 0.29) is 6.03 Å². The average Bonchev–Trinajstić information content (AvgIpc) is 3.65. The Kier molecular flexibility index (Phi) is 7.80. The second-order valence-electron chi connectivity index (χ2n) is 12.1. The number of likely N-dealkylation sites (tertiary alicyclic amines) is 1. The Morgan fingerprint density at radius 3 is 2.21 bits per heavy atom. The number of urea groups is 1. The van der Waals surface area contributed by atoms with Crippen molar-refractivity contribution in [1.29, 1.82) is 0 Å².